The SMILES string of the molecule is CC#CCC(=O)C1(C(C)C)CCNC1. The zero-order valence-corrected chi connectivity index (χ0v) is 9.31. The Labute approximate surface area is 86.5 Å². The fourth-order valence-electron chi connectivity index (χ4n) is 2.11. The molecule has 14 heavy (non-hydrogen) atoms. The fourth-order valence-corrected chi connectivity index (χ4v) is 2.11. The van der Waals surface area contributed by atoms with Crippen LogP contribution < -0.4 is 5.32 Å². The molecule has 1 rings (SSSR count). The maximum atomic E-state index is 12.0. The van der Waals surface area contributed by atoms with E-state index in [1.54, 1.807) is 6.92 Å². The van der Waals surface area contributed by atoms with E-state index in [9.17, 15) is 4.79 Å². The lowest BCUT2D eigenvalue weighted by atomic mass is 9.72. The molecule has 2 heteroatoms. The zero-order valence-electron chi connectivity index (χ0n) is 9.31. The van der Waals surface area contributed by atoms with E-state index in [1.165, 1.54) is 0 Å². The highest BCUT2D eigenvalue weighted by Gasteiger charge is 2.42. The van der Waals surface area contributed by atoms with Crippen molar-refractivity contribution in [3.05, 3.63) is 0 Å². The van der Waals surface area contributed by atoms with Crippen LogP contribution in [0.25, 0.3) is 0 Å². The minimum absolute atomic E-state index is 0.149. The summed E-state index contributed by atoms with van der Waals surface area (Å²) >= 11 is 0. The summed E-state index contributed by atoms with van der Waals surface area (Å²) in [5.74, 6) is 6.38. The van der Waals surface area contributed by atoms with E-state index in [-0.39, 0.29) is 5.41 Å². The average molecular weight is 193 g/mol. The van der Waals surface area contributed by atoms with E-state index < -0.39 is 0 Å². The molecule has 1 aliphatic heterocycles. The van der Waals surface area contributed by atoms with Crippen LogP contribution >= 0.6 is 0 Å². The van der Waals surface area contributed by atoms with Gasteiger partial charge >= 0.3 is 0 Å². The van der Waals surface area contributed by atoms with Crippen LogP contribution in [0.1, 0.15) is 33.6 Å². The number of rotatable bonds is 3. The summed E-state index contributed by atoms with van der Waals surface area (Å²) in [7, 11) is 0. The normalized spacial score (nSPS) is 26.0. The largest absolute Gasteiger partial charge is 0.316 e. The molecule has 0 spiro atoms. The topological polar surface area (TPSA) is 29.1 Å². The Morgan fingerprint density at radius 2 is 2.29 bits per heavy atom. The first-order valence-corrected chi connectivity index (χ1v) is 5.27. The highest BCUT2D eigenvalue weighted by Crippen LogP contribution is 2.35. The molecule has 1 atom stereocenters. The summed E-state index contributed by atoms with van der Waals surface area (Å²) < 4.78 is 0. The van der Waals surface area contributed by atoms with Crippen LogP contribution in [0.2, 0.25) is 0 Å². The van der Waals surface area contributed by atoms with E-state index in [1.807, 2.05) is 0 Å². The van der Waals surface area contributed by atoms with Gasteiger partial charge in [0.1, 0.15) is 0 Å². The molecule has 0 aromatic rings. The van der Waals surface area contributed by atoms with Gasteiger partial charge in [0.05, 0.1) is 6.42 Å². The van der Waals surface area contributed by atoms with Crippen LogP contribution in [0.5, 0.6) is 0 Å². The van der Waals surface area contributed by atoms with Gasteiger partial charge in [0.15, 0.2) is 5.78 Å². The van der Waals surface area contributed by atoms with Gasteiger partial charge in [0, 0.05) is 12.0 Å². The van der Waals surface area contributed by atoms with E-state index in [4.69, 9.17) is 0 Å². The molecule has 0 aromatic heterocycles. The van der Waals surface area contributed by atoms with Crippen molar-refractivity contribution in [1.29, 1.82) is 0 Å². The molecule has 1 saturated heterocycles. The van der Waals surface area contributed by atoms with Crippen molar-refractivity contribution in [1.82, 2.24) is 5.32 Å². The van der Waals surface area contributed by atoms with Crippen molar-refractivity contribution in [2.45, 2.75) is 33.6 Å². The predicted octanol–water partition coefficient (Wildman–Crippen LogP) is 1.60. The van der Waals surface area contributed by atoms with Crippen LogP contribution in [0.15, 0.2) is 0 Å². The second kappa shape index (κ2) is 4.61. The molecule has 0 aromatic carbocycles. The molecule has 1 aliphatic rings. The zero-order chi connectivity index (χ0) is 10.6. The minimum Gasteiger partial charge on any atom is -0.316 e. The third-order valence-corrected chi connectivity index (χ3v) is 3.27. The van der Waals surface area contributed by atoms with Crippen LogP contribution in [-0.2, 0) is 4.79 Å². The Kier molecular flexibility index (Phi) is 3.71. The maximum absolute atomic E-state index is 12.0. The molecule has 0 radical (unpaired) electrons. The monoisotopic (exact) mass is 193 g/mol. The molecule has 2 nitrogen and oxygen atoms in total. The van der Waals surface area contributed by atoms with Gasteiger partial charge in [-0.1, -0.05) is 19.8 Å². The average Bonchev–Trinajstić information content (AvgIpc) is 2.63. The molecular weight excluding hydrogens is 174 g/mol. The molecular formula is C12H19NO. The Hall–Kier alpha value is -0.810. The third-order valence-electron chi connectivity index (χ3n) is 3.27. The van der Waals surface area contributed by atoms with Crippen LogP contribution in [0.3, 0.4) is 0 Å². The van der Waals surface area contributed by atoms with Gasteiger partial charge in [-0.25, -0.2) is 0 Å². The van der Waals surface area contributed by atoms with Gasteiger partial charge in [-0.05, 0) is 25.8 Å². The van der Waals surface area contributed by atoms with Gasteiger partial charge in [-0.3, -0.25) is 4.79 Å². The summed E-state index contributed by atoms with van der Waals surface area (Å²) in [6.07, 6.45) is 1.38. The summed E-state index contributed by atoms with van der Waals surface area (Å²) in [5.41, 5.74) is -0.149. The number of nitrogens with one attached hydrogen (secondary N) is 1. The summed E-state index contributed by atoms with van der Waals surface area (Å²) in [5, 5.41) is 3.28. The first-order valence-electron chi connectivity index (χ1n) is 5.27. The highest BCUT2D eigenvalue weighted by molar-refractivity contribution is 5.87. The number of ketones is 1. The Morgan fingerprint density at radius 3 is 2.71 bits per heavy atom. The van der Waals surface area contributed by atoms with E-state index in [2.05, 4.69) is 31.0 Å². The predicted molar refractivity (Wildman–Crippen MR) is 57.8 cm³/mol. The molecule has 0 saturated carbocycles. The lowest BCUT2D eigenvalue weighted by molar-refractivity contribution is -0.129. The van der Waals surface area contributed by atoms with Gasteiger partial charge < -0.3 is 5.32 Å². The standard InChI is InChI=1S/C12H19NO/c1-4-5-6-11(14)12(10(2)3)7-8-13-9-12/h10,13H,6-9H2,1-3H3. The third kappa shape index (κ3) is 1.99. The smallest absolute Gasteiger partial charge is 0.152 e. The number of Topliss-reactive ketones (excluding diaryl/α,β-unsaturated/α-hetero) is 1. The molecule has 1 heterocycles. The first kappa shape index (κ1) is 11.3. The van der Waals surface area contributed by atoms with E-state index in [0.717, 1.165) is 19.5 Å². The second-order valence-electron chi connectivity index (χ2n) is 4.26. The number of hydrogen-bond acceptors (Lipinski definition) is 2. The van der Waals surface area contributed by atoms with Gasteiger partial charge in [-0.15, -0.1) is 5.92 Å². The van der Waals surface area contributed by atoms with Gasteiger partial charge in [0.25, 0.3) is 0 Å². The van der Waals surface area contributed by atoms with Gasteiger partial charge in [0.2, 0.25) is 0 Å². The van der Waals surface area contributed by atoms with E-state index in [0.29, 0.717) is 18.1 Å². The van der Waals surface area contributed by atoms with Crippen molar-refractivity contribution in [2.24, 2.45) is 11.3 Å². The minimum atomic E-state index is -0.149. The Balaban J connectivity index is 2.75. The highest BCUT2D eigenvalue weighted by atomic mass is 16.1. The summed E-state index contributed by atoms with van der Waals surface area (Å²) in [6, 6.07) is 0. The fraction of sp³-hybridized carbons (Fsp3) is 0.750. The summed E-state index contributed by atoms with van der Waals surface area (Å²) in [6.45, 7) is 7.83. The Bertz CT molecular complexity index is 264. The molecule has 0 amide bonds. The second-order valence-corrected chi connectivity index (χ2v) is 4.26. The van der Waals surface area contributed by atoms with Crippen LogP contribution in [0, 0.1) is 23.2 Å². The Morgan fingerprint density at radius 1 is 1.57 bits per heavy atom. The van der Waals surface area contributed by atoms with Crippen molar-refractivity contribution in [3.63, 3.8) is 0 Å². The quantitative estimate of drug-likeness (QED) is 0.690. The van der Waals surface area contributed by atoms with Gasteiger partial charge in [-0.2, -0.15) is 0 Å². The van der Waals surface area contributed by atoms with Crippen LogP contribution in [-0.4, -0.2) is 18.9 Å². The number of hydrogen-bond donors (Lipinski definition) is 1. The van der Waals surface area contributed by atoms with E-state index >= 15 is 0 Å². The van der Waals surface area contributed by atoms with Crippen molar-refractivity contribution >= 4 is 5.78 Å². The molecule has 0 aliphatic carbocycles. The lowest BCUT2D eigenvalue weighted by Crippen LogP contribution is -2.38. The molecule has 1 fully saturated rings. The number of carbonyl (C=O) groups excluding carboxylic acids is 1. The number of carbonyl (C=O) groups is 1. The summed E-state index contributed by atoms with van der Waals surface area (Å²) in [4.78, 5) is 12.0. The van der Waals surface area contributed by atoms with Crippen LogP contribution in [0.4, 0.5) is 0 Å². The van der Waals surface area contributed by atoms with Crippen molar-refractivity contribution in [3.8, 4) is 11.8 Å². The lowest BCUT2D eigenvalue weighted by Gasteiger charge is -2.30. The maximum Gasteiger partial charge on any atom is 0.152 e. The molecule has 1 N–H and O–H groups in total. The van der Waals surface area contributed by atoms with Crippen molar-refractivity contribution in [2.75, 3.05) is 13.1 Å². The van der Waals surface area contributed by atoms with Crippen molar-refractivity contribution < 1.29 is 4.79 Å². The first-order chi connectivity index (χ1) is 6.63. The molecule has 78 valence electrons. The molecule has 1 unspecified atom stereocenters. The molecule has 0 bridgehead atoms.